The van der Waals surface area contributed by atoms with E-state index in [1.165, 1.54) is 37.6 Å². The van der Waals surface area contributed by atoms with Gasteiger partial charge >= 0.3 is 6.03 Å². The highest BCUT2D eigenvalue weighted by Gasteiger charge is 2.24. The van der Waals surface area contributed by atoms with Crippen LogP contribution in [0.3, 0.4) is 0 Å². The molecule has 1 aliphatic rings. The monoisotopic (exact) mass is 507 g/mol. The van der Waals surface area contributed by atoms with Crippen molar-refractivity contribution in [1.29, 1.82) is 0 Å². The van der Waals surface area contributed by atoms with E-state index >= 15 is 0 Å². The Hall–Kier alpha value is -4.60. The van der Waals surface area contributed by atoms with Crippen LogP contribution in [-0.2, 0) is 0 Å². The number of benzene rings is 3. The Morgan fingerprint density at radius 1 is 0.973 bits per heavy atom. The molecule has 0 radical (unpaired) electrons. The number of urea groups is 1. The number of aromatic nitrogens is 1. The zero-order chi connectivity index (χ0) is 25.9. The molecule has 8 nitrogen and oxygen atoms in total. The number of amides is 2. The average molecular weight is 507 g/mol. The Bertz CT molecular complexity index is 1460. The predicted octanol–water partition coefficient (Wildman–Crippen LogP) is 5.97. The number of nitrogens with one attached hydrogen (secondary N) is 2. The van der Waals surface area contributed by atoms with Crippen LogP contribution in [0, 0.1) is 11.6 Å². The molecule has 0 unspecified atom stereocenters. The molecule has 2 heterocycles. The highest BCUT2D eigenvalue weighted by atomic mass is 19.1. The van der Waals surface area contributed by atoms with E-state index in [2.05, 4.69) is 15.6 Å². The lowest BCUT2D eigenvalue weighted by atomic mass is 10.1. The van der Waals surface area contributed by atoms with Crippen LogP contribution < -0.4 is 29.6 Å². The van der Waals surface area contributed by atoms with Crippen molar-refractivity contribution in [3.63, 3.8) is 0 Å². The molecule has 2 N–H and O–H groups in total. The quantitative estimate of drug-likeness (QED) is 0.334. The van der Waals surface area contributed by atoms with Crippen LogP contribution in [0.25, 0.3) is 10.9 Å². The van der Waals surface area contributed by atoms with Crippen molar-refractivity contribution in [2.75, 3.05) is 25.6 Å². The zero-order valence-corrected chi connectivity index (χ0v) is 20.0. The van der Waals surface area contributed by atoms with Crippen molar-refractivity contribution in [1.82, 2.24) is 10.3 Å². The fourth-order valence-corrected chi connectivity index (χ4v) is 3.99. The lowest BCUT2D eigenvalue weighted by Crippen LogP contribution is -2.31. The van der Waals surface area contributed by atoms with Gasteiger partial charge in [0.15, 0.2) is 23.1 Å². The topological polar surface area (TPSA) is 90.9 Å². The summed E-state index contributed by atoms with van der Waals surface area (Å²) in [6.45, 7) is 2.46. The minimum Gasteiger partial charge on any atom is -0.493 e. The maximum atomic E-state index is 15.0. The third kappa shape index (κ3) is 5.04. The number of anilines is 1. The maximum Gasteiger partial charge on any atom is 0.319 e. The number of pyridine rings is 1. The summed E-state index contributed by atoms with van der Waals surface area (Å²) < 4.78 is 51.0. The average Bonchev–Trinajstić information content (AvgIpc) is 2.90. The van der Waals surface area contributed by atoms with Gasteiger partial charge < -0.3 is 29.6 Å². The van der Waals surface area contributed by atoms with Crippen molar-refractivity contribution in [2.45, 2.75) is 13.0 Å². The second kappa shape index (κ2) is 10.2. The standard InChI is InChI=1S/C27H23F2N3O5/c1-15(16-3-5-17(28)6-4-16)31-27(33)32-18-7-8-21(19(29)13-18)37-22-9-10-30-20-14-23(34-2)25-26(24(20)22)36-12-11-35-25/h3-10,13-15H,11-12H2,1-2H3,(H2,31,32,33)/t15-/m0/s1. The molecule has 1 atom stereocenters. The predicted molar refractivity (Wildman–Crippen MR) is 133 cm³/mol. The van der Waals surface area contributed by atoms with E-state index in [0.29, 0.717) is 47.1 Å². The van der Waals surface area contributed by atoms with Crippen LogP contribution in [0.2, 0.25) is 0 Å². The first kappa shape index (κ1) is 24.1. The van der Waals surface area contributed by atoms with E-state index in [-0.39, 0.29) is 23.3 Å². The molecular weight excluding hydrogens is 484 g/mol. The van der Waals surface area contributed by atoms with Gasteiger partial charge in [0.05, 0.1) is 24.1 Å². The molecule has 0 saturated heterocycles. The minimum atomic E-state index is -0.686. The van der Waals surface area contributed by atoms with Crippen LogP contribution in [0.15, 0.2) is 60.8 Å². The van der Waals surface area contributed by atoms with Crippen LogP contribution in [0.5, 0.6) is 28.7 Å². The first-order chi connectivity index (χ1) is 17.9. The maximum absolute atomic E-state index is 15.0. The van der Waals surface area contributed by atoms with Crippen molar-refractivity contribution < 1.29 is 32.5 Å². The SMILES string of the molecule is COc1cc2nccc(Oc3ccc(NC(=O)N[C@@H](C)c4ccc(F)cc4)cc3F)c2c2c1OCCO2. The number of halogens is 2. The molecule has 0 spiro atoms. The van der Waals surface area contributed by atoms with E-state index in [4.69, 9.17) is 18.9 Å². The third-order valence-electron chi connectivity index (χ3n) is 5.79. The Balaban J connectivity index is 1.34. The van der Waals surface area contributed by atoms with Crippen molar-refractivity contribution in [2.24, 2.45) is 0 Å². The Morgan fingerprint density at radius 2 is 1.73 bits per heavy atom. The van der Waals surface area contributed by atoms with Crippen LogP contribution >= 0.6 is 0 Å². The molecule has 2 amide bonds. The smallest absolute Gasteiger partial charge is 0.319 e. The molecule has 3 aromatic carbocycles. The second-order valence-electron chi connectivity index (χ2n) is 8.26. The van der Waals surface area contributed by atoms with Gasteiger partial charge in [-0.05, 0) is 42.8 Å². The first-order valence-electron chi connectivity index (χ1n) is 11.5. The zero-order valence-electron chi connectivity index (χ0n) is 20.0. The van der Waals surface area contributed by atoms with E-state index in [9.17, 15) is 13.6 Å². The van der Waals surface area contributed by atoms with Gasteiger partial charge in [0, 0.05) is 24.0 Å². The molecule has 190 valence electrons. The van der Waals surface area contributed by atoms with Crippen molar-refractivity contribution >= 4 is 22.6 Å². The fraction of sp³-hybridized carbons (Fsp3) is 0.185. The summed E-state index contributed by atoms with van der Waals surface area (Å²) >= 11 is 0. The molecule has 0 fully saturated rings. The molecular formula is C27H23F2N3O5. The number of carbonyl (C=O) groups excluding carboxylic acids is 1. The largest absolute Gasteiger partial charge is 0.493 e. The lowest BCUT2D eigenvalue weighted by Gasteiger charge is -2.23. The van der Waals surface area contributed by atoms with Gasteiger partial charge in [-0.1, -0.05) is 12.1 Å². The summed E-state index contributed by atoms with van der Waals surface area (Å²) in [6, 6.07) is 12.3. The number of carbonyl (C=O) groups is 1. The number of hydrogen-bond donors (Lipinski definition) is 2. The van der Waals surface area contributed by atoms with Crippen LogP contribution in [0.1, 0.15) is 18.5 Å². The van der Waals surface area contributed by atoms with Crippen LogP contribution in [0.4, 0.5) is 19.3 Å². The van der Waals surface area contributed by atoms with Gasteiger partial charge in [0.1, 0.15) is 24.8 Å². The van der Waals surface area contributed by atoms with E-state index in [1.54, 1.807) is 31.2 Å². The highest BCUT2D eigenvalue weighted by Crippen LogP contribution is 2.48. The van der Waals surface area contributed by atoms with Gasteiger partial charge in [0.25, 0.3) is 0 Å². The molecule has 5 rings (SSSR count). The molecule has 1 aliphatic heterocycles. The normalized spacial score (nSPS) is 13.1. The second-order valence-corrected chi connectivity index (χ2v) is 8.26. The minimum absolute atomic E-state index is 0.0561. The summed E-state index contributed by atoms with van der Waals surface area (Å²) in [5.74, 6) is 0.529. The number of ether oxygens (including phenoxy) is 4. The van der Waals surface area contributed by atoms with E-state index in [0.717, 1.165) is 11.6 Å². The summed E-state index contributed by atoms with van der Waals surface area (Å²) in [5, 5.41) is 5.84. The fourth-order valence-electron chi connectivity index (χ4n) is 3.99. The van der Waals surface area contributed by atoms with E-state index in [1.807, 2.05) is 0 Å². The molecule has 0 aliphatic carbocycles. The van der Waals surface area contributed by atoms with Gasteiger partial charge in [0.2, 0.25) is 5.75 Å². The number of rotatable bonds is 6. The van der Waals surface area contributed by atoms with Gasteiger partial charge in [-0.3, -0.25) is 4.98 Å². The summed E-state index contributed by atoms with van der Waals surface area (Å²) in [5.41, 5.74) is 1.49. The number of hydrogen-bond acceptors (Lipinski definition) is 6. The molecule has 0 bridgehead atoms. The van der Waals surface area contributed by atoms with Crippen LogP contribution in [-0.4, -0.2) is 31.3 Å². The Kier molecular flexibility index (Phi) is 6.63. The summed E-state index contributed by atoms with van der Waals surface area (Å²) in [4.78, 5) is 16.7. The van der Waals surface area contributed by atoms with Gasteiger partial charge in [-0.2, -0.15) is 0 Å². The number of methoxy groups -OCH3 is 1. The number of fused-ring (bicyclic) bond motifs is 3. The van der Waals surface area contributed by atoms with Crippen molar-refractivity contribution in [3.05, 3.63) is 78.0 Å². The summed E-state index contributed by atoms with van der Waals surface area (Å²) in [7, 11) is 1.52. The Labute approximate surface area is 211 Å². The van der Waals surface area contributed by atoms with Gasteiger partial charge in [-0.15, -0.1) is 0 Å². The molecule has 10 heteroatoms. The molecule has 0 saturated carbocycles. The van der Waals surface area contributed by atoms with Gasteiger partial charge in [-0.25, -0.2) is 13.6 Å². The Morgan fingerprint density at radius 3 is 2.46 bits per heavy atom. The number of nitrogens with zero attached hydrogens (tertiary/aromatic N) is 1. The molecule has 4 aromatic rings. The highest BCUT2D eigenvalue weighted by molar-refractivity contribution is 5.95. The molecule has 1 aromatic heterocycles. The lowest BCUT2D eigenvalue weighted by molar-refractivity contribution is 0.167. The van der Waals surface area contributed by atoms with Crippen molar-refractivity contribution in [3.8, 4) is 28.7 Å². The summed E-state index contributed by atoms with van der Waals surface area (Å²) in [6.07, 6.45) is 1.54. The van der Waals surface area contributed by atoms with E-state index < -0.39 is 11.8 Å². The molecule has 37 heavy (non-hydrogen) atoms. The third-order valence-corrected chi connectivity index (χ3v) is 5.79. The first-order valence-corrected chi connectivity index (χ1v) is 11.5.